The Morgan fingerprint density at radius 1 is 1.03 bits per heavy atom. The van der Waals surface area contributed by atoms with Gasteiger partial charge in [0.2, 0.25) is 5.91 Å². The molecule has 0 heterocycles. The SMILES string of the molecule is COc1cc(/C=C/C(=O)Nc2ccc(I)cc2C)ccc1OCc1ccccc1. The molecular formula is C24H22INO3. The first-order valence-corrected chi connectivity index (χ1v) is 10.2. The molecule has 0 aliphatic carbocycles. The zero-order chi connectivity index (χ0) is 20.6. The molecule has 0 fully saturated rings. The first-order valence-electron chi connectivity index (χ1n) is 9.15. The van der Waals surface area contributed by atoms with Crippen molar-refractivity contribution >= 4 is 40.3 Å². The third-order valence-corrected chi connectivity index (χ3v) is 4.97. The highest BCUT2D eigenvalue weighted by atomic mass is 127. The Labute approximate surface area is 184 Å². The molecule has 0 spiro atoms. The number of benzene rings is 3. The van der Waals surface area contributed by atoms with Gasteiger partial charge in [-0.3, -0.25) is 4.79 Å². The molecule has 0 aliphatic rings. The number of carbonyl (C=O) groups excluding carboxylic acids is 1. The molecule has 1 amide bonds. The molecule has 0 bridgehead atoms. The van der Waals surface area contributed by atoms with E-state index in [1.165, 1.54) is 6.08 Å². The van der Waals surface area contributed by atoms with E-state index in [0.717, 1.165) is 25.9 Å². The van der Waals surface area contributed by atoms with E-state index in [-0.39, 0.29) is 5.91 Å². The van der Waals surface area contributed by atoms with E-state index in [9.17, 15) is 4.79 Å². The topological polar surface area (TPSA) is 47.6 Å². The van der Waals surface area contributed by atoms with Crippen LogP contribution in [0.1, 0.15) is 16.7 Å². The van der Waals surface area contributed by atoms with Crippen molar-refractivity contribution in [2.75, 3.05) is 12.4 Å². The summed E-state index contributed by atoms with van der Waals surface area (Å²) >= 11 is 2.25. The van der Waals surface area contributed by atoms with Crippen molar-refractivity contribution in [2.45, 2.75) is 13.5 Å². The number of aryl methyl sites for hydroxylation is 1. The smallest absolute Gasteiger partial charge is 0.248 e. The highest BCUT2D eigenvalue weighted by Crippen LogP contribution is 2.29. The second kappa shape index (κ2) is 10.1. The summed E-state index contributed by atoms with van der Waals surface area (Å²) in [4.78, 5) is 12.2. The van der Waals surface area contributed by atoms with Crippen molar-refractivity contribution < 1.29 is 14.3 Å². The molecule has 148 valence electrons. The lowest BCUT2D eigenvalue weighted by atomic mass is 10.1. The van der Waals surface area contributed by atoms with Crippen LogP contribution in [0.5, 0.6) is 11.5 Å². The number of halogens is 1. The Hall–Kier alpha value is -2.80. The van der Waals surface area contributed by atoms with Crippen molar-refractivity contribution in [2.24, 2.45) is 0 Å². The van der Waals surface area contributed by atoms with E-state index < -0.39 is 0 Å². The minimum Gasteiger partial charge on any atom is -0.493 e. The zero-order valence-electron chi connectivity index (χ0n) is 16.3. The summed E-state index contributed by atoms with van der Waals surface area (Å²) in [5, 5.41) is 2.90. The Balaban J connectivity index is 1.65. The van der Waals surface area contributed by atoms with Gasteiger partial charge < -0.3 is 14.8 Å². The van der Waals surface area contributed by atoms with E-state index in [4.69, 9.17) is 9.47 Å². The van der Waals surface area contributed by atoms with Crippen LogP contribution in [0.2, 0.25) is 0 Å². The Bertz CT molecular complexity index is 1020. The van der Waals surface area contributed by atoms with E-state index >= 15 is 0 Å². The lowest BCUT2D eigenvalue weighted by molar-refractivity contribution is -0.111. The van der Waals surface area contributed by atoms with Gasteiger partial charge in [0.15, 0.2) is 11.5 Å². The third-order valence-electron chi connectivity index (χ3n) is 4.30. The molecule has 29 heavy (non-hydrogen) atoms. The van der Waals surface area contributed by atoms with Crippen LogP contribution in [0.3, 0.4) is 0 Å². The van der Waals surface area contributed by atoms with Crippen LogP contribution in [-0.2, 0) is 11.4 Å². The molecule has 0 saturated heterocycles. The molecule has 3 aromatic carbocycles. The van der Waals surface area contributed by atoms with Crippen molar-refractivity contribution in [3.05, 3.63) is 93.1 Å². The number of carbonyl (C=O) groups is 1. The summed E-state index contributed by atoms with van der Waals surface area (Å²) in [6.07, 6.45) is 3.26. The molecule has 0 aliphatic heterocycles. The summed E-state index contributed by atoms with van der Waals surface area (Å²) in [7, 11) is 1.60. The first kappa shape index (κ1) is 20.9. The average molecular weight is 499 g/mol. The molecule has 0 radical (unpaired) electrons. The number of ether oxygens (including phenoxy) is 2. The van der Waals surface area contributed by atoms with Crippen LogP contribution in [-0.4, -0.2) is 13.0 Å². The fourth-order valence-corrected chi connectivity index (χ4v) is 3.40. The second-order valence-corrected chi connectivity index (χ2v) is 7.71. The molecule has 0 aromatic heterocycles. The minimum absolute atomic E-state index is 0.183. The van der Waals surface area contributed by atoms with Crippen LogP contribution < -0.4 is 14.8 Å². The van der Waals surface area contributed by atoms with Crippen LogP contribution in [0.25, 0.3) is 6.08 Å². The average Bonchev–Trinajstić information content (AvgIpc) is 2.73. The predicted molar refractivity (Wildman–Crippen MR) is 125 cm³/mol. The van der Waals surface area contributed by atoms with Crippen molar-refractivity contribution in [1.29, 1.82) is 0 Å². The van der Waals surface area contributed by atoms with Gasteiger partial charge in [0, 0.05) is 15.3 Å². The van der Waals surface area contributed by atoms with Gasteiger partial charge >= 0.3 is 0 Å². The molecule has 5 heteroatoms. The van der Waals surface area contributed by atoms with Crippen molar-refractivity contribution in [3.8, 4) is 11.5 Å². The molecule has 1 N–H and O–H groups in total. The molecule has 0 atom stereocenters. The number of amides is 1. The quantitative estimate of drug-likeness (QED) is 0.328. The lowest BCUT2D eigenvalue weighted by Crippen LogP contribution is -2.08. The van der Waals surface area contributed by atoms with Gasteiger partial charge in [-0.05, 0) is 82.6 Å². The normalized spacial score (nSPS) is 10.7. The van der Waals surface area contributed by atoms with Gasteiger partial charge in [0.25, 0.3) is 0 Å². The Kier molecular flexibility index (Phi) is 7.30. The maximum Gasteiger partial charge on any atom is 0.248 e. The molecule has 3 rings (SSSR count). The van der Waals surface area contributed by atoms with Crippen molar-refractivity contribution in [3.63, 3.8) is 0 Å². The number of anilines is 1. The van der Waals surface area contributed by atoms with Crippen molar-refractivity contribution in [1.82, 2.24) is 0 Å². The molecule has 0 saturated carbocycles. The molecule has 3 aromatic rings. The maximum atomic E-state index is 12.2. The summed E-state index contributed by atoms with van der Waals surface area (Å²) in [5.74, 6) is 1.10. The van der Waals surface area contributed by atoms with E-state index in [2.05, 4.69) is 27.9 Å². The molecule has 4 nitrogen and oxygen atoms in total. The first-order chi connectivity index (χ1) is 14.0. The number of nitrogens with one attached hydrogen (secondary N) is 1. The van der Waals surface area contributed by atoms with Gasteiger partial charge in [0.1, 0.15) is 6.61 Å². The van der Waals surface area contributed by atoms with Crippen LogP contribution >= 0.6 is 22.6 Å². The third kappa shape index (κ3) is 6.09. The lowest BCUT2D eigenvalue weighted by Gasteiger charge is -2.11. The second-order valence-electron chi connectivity index (χ2n) is 6.47. The molecular weight excluding hydrogens is 477 g/mol. The number of hydrogen-bond donors (Lipinski definition) is 1. The van der Waals surface area contributed by atoms with E-state index in [0.29, 0.717) is 18.1 Å². The number of methoxy groups -OCH3 is 1. The number of hydrogen-bond acceptors (Lipinski definition) is 3. The minimum atomic E-state index is -0.183. The Morgan fingerprint density at radius 3 is 2.55 bits per heavy atom. The fourth-order valence-electron chi connectivity index (χ4n) is 2.76. The summed E-state index contributed by atoms with van der Waals surface area (Å²) < 4.78 is 12.4. The van der Waals surface area contributed by atoms with Gasteiger partial charge in [-0.1, -0.05) is 36.4 Å². The predicted octanol–water partition coefficient (Wildman–Crippen LogP) is 5.84. The van der Waals surface area contributed by atoms with Gasteiger partial charge in [0.05, 0.1) is 7.11 Å². The van der Waals surface area contributed by atoms with Crippen LogP contribution in [0.4, 0.5) is 5.69 Å². The summed E-state index contributed by atoms with van der Waals surface area (Å²) in [6.45, 7) is 2.44. The van der Waals surface area contributed by atoms with Gasteiger partial charge in [-0.25, -0.2) is 0 Å². The zero-order valence-corrected chi connectivity index (χ0v) is 18.5. The Morgan fingerprint density at radius 2 is 1.83 bits per heavy atom. The van der Waals surface area contributed by atoms with E-state index in [1.54, 1.807) is 13.2 Å². The molecule has 0 unspecified atom stereocenters. The standard InChI is InChI=1S/C24H22INO3/c1-17-14-20(25)10-11-21(17)26-24(27)13-9-18-8-12-22(23(15-18)28-2)29-16-19-6-4-3-5-7-19/h3-15H,16H2,1-2H3,(H,26,27)/b13-9+. The summed E-state index contributed by atoms with van der Waals surface area (Å²) in [5.41, 5.74) is 3.77. The van der Waals surface area contributed by atoms with Crippen LogP contribution in [0, 0.1) is 10.5 Å². The number of rotatable bonds is 7. The van der Waals surface area contributed by atoms with E-state index in [1.807, 2.05) is 73.7 Å². The largest absolute Gasteiger partial charge is 0.493 e. The highest BCUT2D eigenvalue weighted by Gasteiger charge is 2.06. The fraction of sp³-hybridized carbons (Fsp3) is 0.125. The van der Waals surface area contributed by atoms with Gasteiger partial charge in [-0.2, -0.15) is 0 Å². The van der Waals surface area contributed by atoms with Crippen LogP contribution in [0.15, 0.2) is 72.8 Å². The highest BCUT2D eigenvalue weighted by molar-refractivity contribution is 14.1. The van der Waals surface area contributed by atoms with Gasteiger partial charge in [-0.15, -0.1) is 0 Å². The monoisotopic (exact) mass is 499 g/mol. The summed E-state index contributed by atoms with van der Waals surface area (Å²) in [6, 6.07) is 21.4. The maximum absolute atomic E-state index is 12.2.